The molecule has 62 valence electrons. The van der Waals surface area contributed by atoms with Crippen LogP contribution >= 0.6 is 11.3 Å². The smallest absolute Gasteiger partial charge is 0.274 e. The fourth-order valence-electron chi connectivity index (χ4n) is 0.931. The van der Waals surface area contributed by atoms with Crippen molar-refractivity contribution in [1.29, 1.82) is 0 Å². The Morgan fingerprint density at radius 3 is 3.25 bits per heavy atom. The van der Waals surface area contributed by atoms with Crippen molar-refractivity contribution in [2.45, 2.75) is 6.61 Å². The van der Waals surface area contributed by atoms with E-state index in [2.05, 4.69) is 10.1 Å². The molecule has 0 aliphatic carbocycles. The number of aliphatic hydroxyl groups excluding tert-OH is 1. The lowest BCUT2D eigenvalue weighted by atomic mass is 10.4. The van der Waals surface area contributed by atoms with Crippen molar-refractivity contribution in [3.63, 3.8) is 0 Å². The van der Waals surface area contributed by atoms with Crippen molar-refractivity contribution in [3.05, 3.63) is 27.6 Å². The standard InChI is InChI=1S/C6H5N3O2S/c10-2-4-1-5(11)8-6-9(4)7-3-12-6/h1,3,10H,2H2. The van der Waals surface area contributed by atoms with Crippen molar-refractivity contribution in [2.24, 2.45) is 0 Å². The Bertz CT molecular complexity index is 461. The van der Waals surface area contributed by atoms with E-state index in [1.165, 1.54) is 21.9 Å². The second-order valence-corrected chi connectivity index (χ2v) is 2.99. The number of aromatic nitrogens is 3. The molecule has 0 atom stereocenters. The van der Waals surface area contributed by atoms with Gasteiger partial charge in [-0.25, -0.2) is 4.52 Å². The molecular formula is C6H5N3O2S. The summed E-state index contributed by atoms with van der Waals surface area (Å²) in [6, 6.07) is 1.27. The Hall–Kier alpha value is -1.27. The van der Waals surface area contributed by atoms with E-state index in [0.717, 1.165) is 0 Å². The molecule has 12 heavy (non-hydrogen) atoms. The van der Waals surface area contributed by atoms with E-state index >= 15 is 0 Å². The molecule has 1 N–H and O–H groups in total. The van der Waals surface area contributed by atoms with Gasteiger partial charge in [-0.1, -0.05) is 11.3 Å². The number of fused-ring (bicyclic) bond motifs is 1. The second-order valence-electron chi connectivity index (χ2n) is 2.18. The van der Waals surface area contributed by atoms with Crippen LogP contribution in [0.15, 0.2) is 16.4 Å². The van der Waals surface area contributed by atoms with Gasteiger partial charge in [0.1, 0.15) is 5.51 Å². The lowest BCUT2D eigenvalue weighted by molar-refractivity contribution is 0.273. The van der Waals surface area contributed by atoms with Crippen LogP contribution in [0.5, 0.6) is 0 Å². The fourth-order valence-corrected chi connectivity index (χ4v) is 1.57. The summed E-state index contributed by atoms with van der Waals surface area (Å²) in [5.41, 5.74) is 1.69. The number of hydrogen-bond donors (Lipinski definition) is 1. The van der Waals surface area contributed by atoms with E-state index in [9.17, 15) is 4.79 Å². The topological polar surface area (TPSA) is 67.5 Å². The molecule has 0 radical (unpaired) electrons. The summed E-state index contributed by atoms with van der Waals surface area (Å²) >= 11 is 1.26. The Morgan fingerprint density at radius 2 is 2.50 bits per heavy atom. The van der Waals surface area contributed by atoms with Gasteiger partial charge < -0.3 is 5.11 Å². The van der Waals surface area contributed by atoms with Gasteiger partial charge in [0, 0.05) is 6.07 Å². The van der Waals surface area contributed by atoms with E-state index in [0.29, 0.717) is 10.7 Å². The summed E-state index contributed by atoms with van der Waals surface area (Å²) in [7, 11) is 0. The average Bonchev–Trinajstić information content (AvgIpc) is 2.50. The summed E-state index contributed by atoms with van der Waals surface area (Å²) in [6.07, 6.45) is 0. The average molecular weight is 183 g/mol. The lowest BCUT2D eigenvalue weighted by Gasteiger charge is -1.96. The van der Waals surface area contributed by atoms with Gasteiger partial charge in [-0.15, -0.1) is 0 Å². The quantitative estimate of drug-likeness (QED) is 0.655. The zero-order chi connectivity index (χ0) is 8.55. The van der Waals surface area contributed by atoms with Gasteiger partial charge >= 0.3 is 0 Å². The van der Waals surface area contributed by atoms with Gasteiger partial charge in [0.25, 0.3) is 5.56 Å². The molecular weight excluding hydrogens is 178 g/mol. The lowest BCUT2D eigenvalue weighted by Crippen LogP contribution is -2.11. The van der Waals surface area contributed by atoms with E-state index in [1.807, 2.05) is 0 Å². The van der Waals surface area contributed by atoms with Crippen LogP contribution in [0.4, 0.5) is 0 Å². The molecule has 2 aromatic rings. The van der Waals surface area contributed by atoms with E-state index in [-0.39, 0.29) is 12.2 Å². The molecule has 0 spiro atoms. The zero-order valence-corrected chi connectivity index (χ0v) is 6.78. The molecule has 0 saturated heterocycles. The molecule has 0 saturated carbocycles. The molecule has 0 bridgehead atoms. The predicted molar refractivity (Wildman–Crippen MR) is 43.1 cm³/mol. The van der Waals surface area contributed by atoms with Crippen molar-refractivity contribution < 1.29 is 5.11 Å². The zero-order valence-electron chi connectivity index (χ0n) is 5.97. The van der Waals surface area contributed by atoms with Gasteiger partial charge in [0.05, 0.1) is 12.3 Å². The van der Waals surface area contributed by atoms with Gasteiger partial charge in [-0.2, -0.15) is 10.1 Å². The normalized spacial score (nSPS) is 10.8. The molecule has 0 aliphatic heterocycles. The highest BCUT2D eigenvalue weighted by atomic mass is 32.1. The minimum absolute atomic E-state index is 0.206. The Kier molecular flexibility index (Phi) is 1.63. The van der Waals surface area contributed by atoms with Crippen molar-refractivity contribution >= 4 is 16.3 Å². The van der Waals surface area contributed by atoms with Crippen LogP contribution in [0.3, 0.4) is 0 Å². The molecule has 2 heterocycles. The fraction of sp³-hybridized carbons (Fsp3) is 0.167. The van der Waals surface area contributed by atoms with Gasteiger partial charge in [-0.3, -0.25) is 4.79 Å². The van der Waals surface area contributed by atoms with E-state index in [1.54, 1.807) is 5.51 Å². The number of aliphatic hydroxyl groups is 1. The van der Waals surface area contributed by atoms with Crippen LogP contribution < -0.4 is 5.56 Å². The summed E-state index contributed by atoms with van der Waals surface area (Å²) in [6.45, 7) is -0.206. The van der Waals surface area contributed by atoms with Crippen LogP contribution in [0.1, 0.15) is 5.69 Å². The maximum atomic E-state index is 10.9. The third-order valence-electron chi connectivity index (χ3n) is 1.43. The maximum absolute atomic E-state index is 10.9. The molecule has 0 aromatic carbocycles. The maximum Gasteiger partial charge on any atom is 0.274 e. The SMILES string of the molecule is O=c1cc(CO)n2ncsc2n1. The molecule has 0 amide bonds. The number of nitrogens with zero attached hydrogens (tertiary/aromatic N) is 3. The highest BCUT2D eigenvalue weighted by Crippen LogP contribution is 2.05. The second kappa shape index (κ2) is 2.65. The summed E-state index contributed by atoms with van der Waals surface area (Å²) in [5.74, 6) is 0. The van der Waals surface area contributed by atoms with Crippen LogP contribution in [-0.2, 0) is 6.61 Å². The van der Waals surface area contributed by atoms with E-state index in [4.69, 9.17) is 5.11 Å². The largest absolute Gasteiger partial charge is 0.390 e. The molecule has 0 unspecified atom stereocenters. The van der Waals surface area contributed by atoms with Gasteiger partial charge in [0.15, 0.2) is 0 Å². The minimum Gasteiger partial charge on any atom is -0.390 e. The molecule has 0 fully saturated rings. The Labute approximate surface area is 70.9 Å². The van der Waals surface area contributed by atoms with E-state index < -0.39 is 0 Å². The monoisotopic (exact) mass is 183 g/mol. The summed E-state index contributed by atoms with van der Waals surface area (Å²) < 4.78 is 1.45. The first kappa shape index (κ1) is 7.38. The highest BCUT2D eigenvalue weighted by Gasteiger charge is 2.02. The predicted octanol–water partition coefficient (Wildman–Crippen LogP) is -0.357. The molecule has 2 aromatic heterocycles. The summed E-state index contributed by atoms with van der Waals surface area (Å²) in [4.78, 5) is 15.1. The van der Waals surface area contributed by atoms with Crippen molar-refractivity contribution in [1.82, 2.24) is 14.6 Å². The third kappa shape index (κ3) is 1.01. The van der Waals surface area contributed by atoms with Crippen LogP contribution in [0, 0.1) is 0 Å². The first-order valence-electron chi connectivity index (χ1n) is 3.24. The first-order valence-corrected chi connectivity index (χ1v) is 4.12. The van der Waals surface area contributed by atoms with Crippen molar-refractivity contribution in [2.75, 3.05) is 0 Å². The number of rotatable bonds is 1. The Morgan fingerprint density at radius 1 is 1.67 bits per heavy atom. The molecule has 5 nitrogen and oxygen atoms in total. The van der Waals surface area contributed by atoms with Crippen LogP contribution in [0.25, 0.3) is 4.96 Å². The highest BCUT2D eigenvalue weighted by molar-refractivity contribution is 7.14. The van der Waals surface area contributed by atoms with Gasteiger partial charge in [0.2, 0.25) is 4.96 Å². The first-order chi connectivity index (χ1) is 5.81. The van der Waals surface area contributed by atoms with Crippen LogP contribution in [0.2, 0.25) is 0 Å². The number of hydrogen-bond acceptors (Lipinski definition) is 5. The minimum atomic E-state index is -0.344. The van der Waals surface area contributed by atoms with Crippen LogP contribution in [-0.4, -0.2) is 19.7 Å². The molecule has 6 heteroatoms. The van der Waals surface area contributed by atoms with Crippen molar-refractivity contribution in [3.8, 4) is 0 Å². The summed E-state index contributed by atoms with van der Waals surface area (Å²) in [5, 5.41) is 12.8. The molecule has 2 rings (SSSR count). The Balaban J connectivity index is 2.89. The molecule has 0 aliphatic rings. The third-order valence-corrected chi connectivity index (χ3v) is 2.11. The van der Waals surface area contributed by atoms with Gasteiger partial charge in [-0.05, 0) is 0 Å².